The van der Waals surface area contributed by atoms with E-state index in [0.717, 1.165) is 5.56 Å². The second-order valence-corrected chi connectivity index (χ2v) is 7.93. The largest absolute Gasteiger partial charge is 0.296 e. The molecule has 1 aliphatic rings. The fourth-order valence-electron chi connectivity index (χ4n) is 2.85. The molecule has 2 aromatic rings. The Kier molecular flexibility index (Phi) is 4.71. The van der Waals surface area contributed by atoms with Gasteiger partial charge in [0.15, 0.2) is 0 Å². The highest BCUT2D eigenvalue weighted by molar-refractivity contribution is 7.89. The molecule has 0 N–H and O–H groups in total. The molecule has 1 saturated heterocycles. The molecule has 8 heteroatoms. The number of rotatable bonds is 4. The van der Waals surface area contributed by atoms with Gasteiger partial charge in [-0.1, -0.05) is 12.1 Å². The third-order valence-corrected chi connectivity index (χ3v) is 6.46. The lowest BCUT2D eigenvalue weighted by atomic mass is 10.2. The third kappa shape index (κ3) is 3.35. The summed E-state index contributed by atoms with van der Waals surface area (Å²) >= 11 is 0. The molecule has 0 saturated carbocycles. The standard InChI is InChI=1S/C16H21FN4O2S/c1-13-16(11-18-19(13)2)24(22,23)21-9-7-20(8-10-21)12-14-3-5-15(17)6-4-14/h3-6,11H,7-10,12H2,1-2H3. The molecule has 0 bridgehead atoms. The van der Waals surface area contributed by atoms with Crippen molar-refractivity contribution in [2.45, 2.75) is 18.4 Å². The van der Waals surface area contributed by atoms with Crippen LogP contribution < -0.4 is 0 Å². The van der Waals surface area contributed by atoms with Crippen LogP contribution in [0.2, 0.25) is 0 Å². The van der Waals surface area contributed by atoms with Crippen molar-refractivity contribution in [3.8, 4) is 0 Å². The molecule has 0 spiro atoms. The van der Waals surface area contributed by atoms with Crippen LogP contribution in [0.5, 0.6) is 0 Å². The molecule has 1 aliphatic heterocycles. The Hall–Kier alpha value is -1.77. The third-order valence-electron chi connectivity index (χ3n) is 4.46. The summed E-state index contributed by atoms with van der Waals surface area (Å²) in [5.41, 5.74) is 1.67. The van der Waals surface area contributed by atoms with Gasteiger partial charge in [0.2, 0.25) is 10.0 Å². The first kappa shape index (κ1) is 17.1. The van der Waals surface area contributed by atoms with E-state index in [1.54, 1.807) is 30.8 Å². The fraction of sp³-hybridized carbons (Fsp3) is 0.438. The molecule has 1 aromatic carbocycles. The minimum atomic E-state index is -3.50. The van der Waals surface area contributed by atoms with Crippen LogP contribution in [0.25, 0.3) is 0 Å². The maximum atomic E-state index is 12.9. The van der Waals surface area contributed by atoms with E-state index in [2.05, 4.69) is 10.00 Å². The summed E-state index contributed by atoms with van der Waals surface area (Å²) in [5.74, 6) is -0.249. The first-order valence-electron chi connectivity index (χ1n) is 7.83. The maximum absolute atomic E-state index is 12.9. The van der Waals surface area contributed by atoms with E-state index in [4.69, 9.17) is 0 Å². The van der Waals surface area contributed by atoms with E-state index in [1.807, 2.05) is 0 Å². The SMILES string of the molecule is Cc1c(S(=O)(=O)N2CCN(Cc3ccc(F)cc3)CC2)cnn1C. The number of aryl methyl sites for hydroxylation is 1. The predicted molar refractivity (Wildman–Crippen MR) is 88.4 cm³/mol. The van der Waals surface area contributed by atoms with Gasteiger partial charge in [0.25, 0.3) is 0 Å². The van der Waals surface area contributed by atoms with E-state index < -0.39 is 10.0 Å². The highest BCUT2D eigenvalue weighted by atomic mass is 32.2. The van der Waals surface area contributed by atoms with Gasteiger partial charge in [-0.05, 0) is 24.6 Å². The van der Waals surface area contributed by atoms with Gasteiger partial charge in [-0.25, -0.2) is 12.8 Å². The van der Waals surface area contributed by atoms with Gasteiger partial charge in [0.1, 0.15) is 10.7 Å². The van der Waals surface area contributed by atoms with Gasteiger partial charge in [0.05, 0.1) is 11.9 Å². The summed E-state index contributed by atoms with van der Waals surface area (Å²) in [6.45, 7) is 4.63. The average Bonchev–Trinajstić information content (AvgIpc) is 2.90. The molecular weight excluding hydrogens is 331 g/mol. The first-order chi connectivity index (χ1) is 11.4. The Morgan fingerprint density at radius 1 is 1.12 bits per heavy atom. The van der Waals surface area contributed by atoms with Gasteiger partial charge >= 0.3 is 0 Å². The summed E-state index contributed by atoms with van der Waals surface area (Å²) in [4.78, 5) is 2.45. The zero-order valence-electron chi connectivity index (χ0n) is 13.8. The minimum absolute atomic E-state index is 0.249. The Labute approximate surface area is 141 Å². The van der Waals surface area contributed by atoms with E-state index >= 15 is 0 Å². The number of benzene rings is 1. The van der Waals surface area contributed by atoms with Crippen molar-refractivity contribution < 1.29 is 12.8 Å². The molecule has 0 aliphatic carbocycles. The van der Waals surface area contributed by atoms with Gasteiger partial charge in [-0.2, -0.15) is 9.40 Å². The summed E-state index contributed by atoms with van der Waals surface area (Å²) < 4.78 is 41.5. The van der Waals surface area contributed by atoms with Crippen LogP contribution in [-0.4, -0.2) is 53.6 Å². The number of halogens is 1. The van der Waals surface area contributed by atoms with Crippen LogP contribution in [0.1, 0.15) is 11.3 Å². The van der Waals surface area contributed by atoms with Crippen LogP contribution in [0.15, 0.2) is 35.4 Å². The van der Waals surface area contributed by atoms with Crippen LogP contribution >= 0.6 is 0 Å². The number of nitrogens with zero attached hydrogens (tertiary/aromatic N) is 4. The first-order valence-corrected chi connectivity index (χ1v) is 9.27. The lowest BCUT2D eigenvalue weighted by Gasteiger charge is -2.33. The van der Waals surface area contributed by atoms with Crippen molar-refractivity contribution >= 4 is 10.0 Å². The molecule has 1 fully saturated rings. The van der Waals surface area contributed by atoms with E-state index in [1.165, 1.54) is 22.6 Å². The molecule has 0 atom stereocenters. The van der Waals surface area contributed by atoms with Gasteiger partial charge in [0, 0.05) is 39.8 Å². The number of piperazine rings is 1. The molecule has 0 amide bonds. The molecule has 0 unspecified atom stereocenters. The van der Waals surface area contributed by atoms with E-state index in [9.17, 15) is 12.8 Å². The molecule has 1 aromatic heterocycles. The van der Waals surface area contributed by atoms with Crippen LogP contribution in [-0.2, 0) is 23.6 Å². The van der Waals surface area contributed by atoms with Crippen molar-refractivity contribution in [2.75, 3.05) is 26.2 Å². The zero-order valence-corrected chi connectivity index (χ0v) is 14.6. The minimum Gasteiger partial charge on any atom is -0.296 e. The van der Waals surface area contributed by atoms with Gasteiger partial charge in [-0.15, -0.1) is 0 Å². The Morgan fingerprint density at radius 3 is 2.29 bits per heavy atom. The number of hydrogen-bond acceptors (Lipinski definition) is 4. The lowest BCUT2D eigenvalue weighted by Crippen LogP contribution is -2.48. The summed E-state index contributed by atoms with van der Waals surface area (Å²) in [6, 6.07) is 6.41. The summed E-state index contributed by atoms with van der Waals surface area (Å²) in [7, 11) is -1.77. The monoisotopic (exact) mass is 352 g/mol. The van der Waals surface area contributed by atoms with Crippen LogP contribution in [0.3, 0.4) is 0 Å². The van der Waals surface area contributed by atoms with Crippen molar-refractivity contribution in [2.24, 2.45) is 7.05 Å². The molecule has 3 rings (SSSR count). The molecular formula is C16H21FN4O2S. The van der Waals surface area contributed by atoms with Crippen molar-refractivity contribution in [3.63, 3.8) is 0 Å². The Morgan fingerprint density at radius 2 is 1.75 bits per heavy atom. The van der Waals surface area contributed by atoms with E-state index in [0.29, 0.717) is 38.4 Å². The van der Waals surface area contributed by atoms with Crippen LogP contribution in [0, 0.1) is 12.7 Å². The van der Waals surface area contributed by atoms with Crippen molar-refractivity contribution in [1.82, 2.24) is 19.0 Å². The molecule has 24 heavy (non-hydrogen) atoms. The molecule has 0 radical (unpaired) electrons. The van der Waals surface area contributed by atoms with Gasteiger partial charge < -0.3 is 0 Å². The quantitative estimate of drug-likeness (QED) is 0.834. The highest BCUT2D eigenvalue weighted by Gasteiger charge is 2.30. The second-order valence-electron chi connectivity index (χ2n) is 6.02. The van der Waals surface area contributed by atoms with Crippen LogP contribution in [0.4, 0.5) is 4.39 Å². The van der Waals surface area contributed by atoms with E-state index in [-0.39, 0.29) is 10.7 Å². The number of sulfonamides is 1. The topological polar surface area (TPSA) is 58.4 Å². The second kappa shape index (κ2) is 6.62. The predicted octanol–water partition coefficient (Wildman–Crippen LogP) is 1.37. The lowest BCUT2D eigenvalue weighted by molar-refractivity contribution is 0.181. The van der Waals surface area contributed by atoms with Gasteiger partial charge in [-0.3, -0.25) is 9.58 Å². The molecule has 6 nitrogen and oxygen atoms in total. The average molecular weight is 352 g/mol. The Balaban J connectivity index is 1.64. The summed E-state index contributed by atoms with van der Waals surface area (Å²) in [5, 5.41) is 4.02. The normalized spacial score (nSPS) is 17.3. The highest BCUT2D eigenvalue weighted by Crippen LogP contribution is 2.21. The van der Waals surface area contributed by atoms with Crippen molar-refractivity contribution in [3.05, 3.63) is 47.5 Å². The molecule has 130 valence electrons. The number of hydrogen-bond donors (Lipinski definition) is 0. The zero-order chi connectivity index (χ0) is 17.3. The summed E-state index contributed by atoms with van der Waals surface area (Å²) in [6.07, 6.45) is 1.41. The fourth-order valence-corrected chi connectivity index (χ4v) is 4.45. The smallest absolute Gasteiger partial charge is 0.246 e. The maximum Gasteiger partial charge on any atom is 0.246 e. The molecule has 2 heterocycles. The Bertz CT molecular complexity index is 809. The number of aromatic nitrogens is 2. The van der Waals surface area contributed by atoms with Crippen molar-refractivity contribution in [1.29, 1.82) is 0 Å².